The van der Waals surface area contributed by atoms with Gasteiger partial charge in [0.25, 0.3) is 23.6 Å². The predicted molar refractivity (Wildman–Crippen MR) is 264 cm³/mol. The van der Waals surface area contributed by atoms with Crippen molar-refractivity contribution in [1.82, 2.24) is 59.6 Å². The van der Waals surface area contributed by atoms with Gasteiger partial charge in [-0.1, -0.05) is 42.5 Å². The molecule has 6 heterocycles. The molecule has 4 amide bonds. The van der Waals surface area contributed by atoms with Gasteiger partial charge < -0.3 is 39.6 Å². The molecular formula is C51H43F3N12O10. The minimum absolute atomic E-state index is 0.0206. The lowest BCUT2D eigenvalue weighted by Crippen LogP contribution is -2.28. The molecule has 10 rings (SSSR count). The third-order valence-corrected chi connectivity index (χ3v) is 11.5. The number of para-hydroxylation sites is 1. The normalized spacial score (nSPS) is 11.6. The Bertz CT molecular complexity index is 3950. The summed E-state index contributed by atoms with van der Waals surface area (Å²) in [5, 5.41) is 19.2. The Labute approximate surface area is 425 Å². The van der Waals surface area contributed by atoms with E-state index in [0.717, 1.165) is 11.1 Å². The highest BCUT2D eigenvalue weighted by molar-refractivity contribution is 5.99. The first-order valence-electron chi connectivity index (χ1n) is 23.0. The third-order valence-electron chi connectivity index (χ3n) is 11.5. The summed E-state index contributed by atoms with van der Waals surface area (Å²) >= 11 is 0. The molecule has 4 aromatic carbocycles. The molecule has 1 atom stereocenters. The maximum atomic E-state index is 13.1. The predicted octanol–water partition coefficient (Wildman–Crippen LogP) is 5.36. The first-order valence-corrected chi connectivity index (χ1v) is 23.0. The lowest BCUT2D eigenvalue weighted by Gasteiger charge is -2.12. The van der Waals surface area contributed by atoms with Crippen LogP contribution in [-0.4, -0.2) is 74.9 Å². The summed E-state index contributed by atoms with van der Waals surface area (Å²) in [7, 11) is 3.18. The molecule has 0 saturated carbocycles. The van der Waals surface area contributed by atoms with Gasteiger partial charge >= 0.3 is 18.1 Å². The number of nitrogens with zero attached hydrogens (tertiary/aromatic N) is 8. The summed E-state index contributed by atoms with van der Waals surface area (Å²) in [6.07, 6.45) is 1.44. The van der Waals surface area contributed by atoms with E-state index in [-0.39, 0.29) is 60.4 Å². The second-order valence-electron chi connectivity index (χ2n) is 16.7. The number of rotatable bonds is 16. The minimum atomic E-state index is -3.01. The number of nitrogens with one attached hydrogen (secondary N) is 4. The van der Waals surface area contributed by atoms with Crippen molar-refractivity contribution < 1.29 is 50.7 Å². The zero-order valence-electron chi connectivity index (χ0n) is 40.3. The number of carbonyl (C=O) groups is 4. The fourth-order valence-corrected chi connectivity index (χ4v) is 7.81. The van der Waals surface area contributed by atoms with Gasteiger partial charge in [-0.2, -0.15) is 19.0 Å². The topological polar surface area (TPSA) is 266 Å². The van der Waals surface area contributed by atoms with Gasteiger partial charge in [0.2, 0.25) is 6.36 Å². The molecule has 0 spiro atoms. The molecule has 0 aliphatic heterocycles. The van der Waals surface area contributed by atoms with E-state index in [1.165, 1.54) is 61.7 Å². The van der Waals surface area contributed by atoms with Gasteiger partial charge in [0.05, 0.1) is 23.4 Å². The second-order valence-corrected chi connectivity index (χ2v) is 16.7. The Morgan fingerprint density at radius 3 is 1.57 bits per heavy atom. The van der Waals surface area contributed by atoms with Crippen molar-refractivity contribution in [2.24, 2.45) is 14.1 Å². The number of carbonyl (C=O) groups excluding carboxylic acids is 4. The van der Waals surface area contributed by atoms with E-state index in [9.17, 15) is 41.9 Å². The number of aromatic nitrogens is 8. The van der Waals surface area contributed by atoms with E-state index in [1.807, 2.05) is 0 Å². The highest BCUT2D eigenvalue weighted by Crippen LogP contribution is 2.22. The summed E-state index contributed by atoms with van der Waals surface area (Å²) < 4.78 is 63.7. The first kappa shape index (κ1) is 50.9. The van der Waals surface area contributed by atoms with Crippen molar-refractivity contribution in [2.45, 2.75) is 46.1 Å². The molecule has 6 aromatic heterocycles. The highest BCUT2D eigenvalue weighted by atomic mass is 19.3. The van der Waals surface area contributed by atoms with Gasteiger partial charge in [0.15, 0.2) is 22.5 Å². The summed E-state index contributed by atoms with van der Waals surface area (Å²) in [4.78, 5) is 83.9. The SMILES string of the molecule is CC(F)Oc1cccc(CNC(=O)c2cc(C(=O)NCc3ccc4oc(=O)n(C)c4c3)nc3ccnn23)c1.Cn1c(=O)oc2ccc(CNC(=O)c3cc(C(=O)NCc4ccccc4OC(F)F)n4nccc4n3)cc21. The quantitative estimate of drug-likeness (QED) is 0.0949. The van der Waals surface area contributed by atoms with E-state index < -0.39 is 48.1 Å². The van der Waals surface area contributed by atoms with E-state index in [1.54, 1.807) is 99.0 Å². The largest absolute Gasteiger partial charge is 0.461 e. The zero-order chi connectivity index (χ0) is 53.6. The third kappa shape index (κ3) is 11.4. The molecule has 76 heavy (non-hydrogen) atoms. The molecule has 0 radical (unpaired) electrons. The number of aryl methyl sites for hydroxylation is 2. The summed E-state index contributed by atoms with van der Waals surface area (Å²) in [5.74, 6) is -2.79. The summed E-state index contributed by atoms with van der Waals surface area (Å²) in [5.41, 5.74) is 5.32. The van der Waals surface area contributed by atoms with Crippen LogP contribution >= 0.6 is 0 Å². The van der Waals surface area contributed by atoms with Gasteiger partial charge in [-0.25, -0.2) is 33.0 Å². The van der Waals surface area contributed by atoms with Crippen LogP contribution in [0.1, 0.15) is 71.1 Å². The number of hydrogen-bond donors (Lipinski definition) is 4. The Balaban J connectivity index is 0.000000186. The Morgan fingerprint density at radius 1 is 0.566 bits per heavy atom. The van der Waals surface area contributed by atoms with Crippen LogP contribution in [0.25, 0.3) is 33.5 Å². The van der Waals surface area contributed by atoms with Crippen LogP contribution in [0.15, 0.2) is 140 Å². The summed E-state index contributed by atoms with van der Waals surface area (Å²) in [6, 6.07) is 28.8. The van der Waals surface area contributed by atoms with Gasteiger partial charge in [0, 0.05) is 77.0 Å². The molecule has 10 aromatic rings. The van der Waals surface area contributed by atoms with E-state index >= 15 is 0 Å². The van der Waals surface area contributed by atoms with Crippen LogP contribution in [0, 0.1) is 0 Å². The fourth-order valence-electron chi connectivity index (χ4n) is 7.81. The molecule has 388 valence electrons. The van der Waals surface area contributed by atoms with Crippen LogP contribution in [0.5, 0.6) is 11.5 Å². The Hall–Kier alpha value is -10.1. The fraction of sp³-hybridized carbons (Fsp3) is 0.176. The molecular weight excluding hydrogens is 998 g/mol. The van der Waals surface area contributed by atoms with Crippen molar-refractivity contribution in [3.63, 3.8) is 0 Å². The number of hydrogen-bond acceptors (Lipinski definition) is 14. The van der Waals surface area contributed by atoms with Crippen LogP contribution in [0.4, 0.5) is 13.2 Å². The molecule has 0 aliphatic carbocycles. The molecule has 0 fully saturated rings. The molecule has 22 nitrogen and oxygen atoms in total. The van der Waals surface area contributed by atoms with Gasteiger partial charge in [0.1, 0.15) is 34.3 Å². The minimum Gasteiger partial charge on any atom is -0.461 e. The van der Waals surface area contributed by atoms with Gasteiger partial charge in [-0.05, 0) is 59.2 Å². The molecule has 0 aliphatic rings. The van der Waals surface area contributed by atoms with Gasteiger partial charge in [-0.15, -0.1) is 0 Å². The number of benzene rings is 4. The standard InChI is InChI=1S/C26H23FN6O5.C25H20F2N6O5/c1-15(27)37-18-5-3-4-16(10-18)13-29-25(35)21-12-19(31-23-8-9-30-33(21)23)24(34)28-14-17-6-7-22-20(11-17)32(2)26(36)38-22;1-32-17-10-14(6-7-20(17)38-25(32)36)12-28-22(34)16-11-18(33-21(31-16)8-9-30-33)23(35)29-13-15-4-2-3-5-19(15)37-24(26)27/h3-12,15H,13-14H2,1-2H3,(H,28,34)(H,29,35);2-11,24H,12-13H2,1H3,(H,28,34)(H,29,35). The lowest BCUT2D eigenvalue weighted by molar-refractivity contribution is -0.0504. The summed E-state index contributed by atoms with van der Waals surface area (Å²) in [6.45, 7) is -1.40. The van der Waals surface area contributed by atoms with Crippen LogP contribution in [0.2, 0.25) is 0 Å². The maximum Gasteiger partial charge on any atom is 0.419 e. The monoisotopic (exact) mass is 1040 g/mol. The number of oxazole rings is 2. The number of fused-ring (bicyclic) bond motifs is 4. The Morgan fingerprint density at radius 2 is 1.05 bits per heavy atom. The molecule has 0 saturated heterocycles. The van der Waals surface area contributed by atoms with E-state index in [4.69, 9.17) is 13.6 Å². The second kappa shape index (κ2) is 22.0. The molecule has 25 heteroatoms. The van der Waals surface area contributed by atoms with Crippen LogP contribution < -0.4 is 42.3 Å². The lowest BCUT2D eigenvalue weighted by atomic mass is 10.2. The average molecular weight is 1040 g/mol. The van der Waals surface area contributed by atoms with E-state index in [2.05, 4.69) is 46.2 Å². The molecule has 1 unspecified atom stereocenters. The number of amides is 4. The van der Waals surface area contributed by atoms with Crippen molar-refractivity contribution >= 4 is 57.1 Å². The highest BCUT2D eigenvalue weighted by Gasteiger charge is 2.21. The number of alkyl halides is 3. The average Bonchev–Trinajstić information content (AvgIpc) is 4.23. The van der Waals surface area contributed by atoms with E-state index in [0.29, 0.717) is 44.7 Å². The van der Waals surface area contributed by atoms with Crippen LogP contribution in [-0.2, 0) is 40.3 Å². The zero-order valence-corrected chi connectivity index (χ0v) is 40.3. The number of halogens is 3. The smallest absolute Gasteiger partial charge is 0.419 e. The maximum absolute atomic E-state index is 13.1. The van der Waals surface area contributed by atoms with Crippen molar-refractivity contribution in [1.29, 1.82) is 0 Å². The number of ether oxygens (including phenoxy) is 2. The van der Waals surface area contributed by atoms with Crippen molar-refractivity contribution in [2.75, 3.05) is 0 Å². The first-order chi connectivity index (χ1) is 36.6. The Kier molecular flexibility index (Phi) is 14.7. The van der Waals surface area contributed by atoms with Crippen LogP contribution in [0.3, 0.4) is 0 Å². The molecule has 0 bridgehead atoms. The van der Waals surface area contributed by atoms with Gasteiger partial charge in [-0.3, -0.25) is 28.3 Å². The van der Waals surface area contributed by atoms with Crippen molar-refractivity contribution in [3.8, 4) is 11.5 Å². The molecule has 4 N–H and O–H groups in total. The van der Waals surface area contributed by atoms with Crippen molar-refractivity contribution in [3.05, 3.63) is 188 Å².